The number of Topliss-reactive ketones (excluding diaryl/α,β-unsaturated/α-hetero) is 1. The molecule has 0 aromatic heterocycles. The summed E-state index contributed by atoms with van der Waals surface area (Å²) in [6.45, 7) is 0. The zero-order valence-corrected chi connectivity index (χ0v) is 11.3. The second-order valence-electron chi connectivity index (χ2n) is 4.66. The van der Waals surface area contributed by atoms with Crippen molar-refractivity contribution in [2.75, 3.05) is 0 Å². The zero-order chi connectivity index (χ0) is 14.1. The zero-order valence-electron chi connectivity index (χ0n) is 10.6. The topological polar surface area (TPSA) is 49.7 Å². The van der Waals surface area contributed by atoms with Crippen molar-refractivity contribution in [3.8, 4) is 0 Å². The Bertz CT molecular complexity index is 695. The monoisotopic (exact) mass is 291 g/mol. The van der Waals surface area contributed by atoms with Crippen molar-refractivity contribution in [3.05, 3.63) is 70.2 Å². The first-order chi connectivity index (χ1) is 9.65. The Morgan fingerprint density at radius 2 is 1.90 bits per heavy atom. The lowest BCUT2D eigenvalue weighted by atomic mass is 10.2. The van der Waals surface area contributed by atoms with Crippen LogP contribution in [-0.2, 0) is 11.2 Å². The summed E-state index contributed by atoms with van der Waals surface area (Å²) in [7, 11) is 0. The molecule has 0 fully saturated rings. The Kier molecular flexibility index (Phi) is 3.38. The minimum atomic E-state index is -1.32. The lowest BCUT2D eigenvalue weighted by Gasteiger charge is -2.10. The third kappa shape index (κ3) is 2.38. The maximum absolute atomic E-state index is 11.8. The lowest BCUT2D eigenvalue weighted by molar-refractivity contribution is -0.125. The Morgan fingerprint density at radius 1 is 1.15 bits per heavy atom. The second kappa shape index (κ2) is 5.19. The van der Waals surface area contributed by atoms with Gasteiger partial charge in [0.1, 0.15) is 0 Å². The third-order valence-electron chi connectivity index (χ3n) is 3.28. The van der Waals surface area contributed by atoms with Gasteiger partial charge in [-0.25, -0.2) is 4.99 Å². The fourth-order valence-corrected chi connectivity index (χ4v) is 2.46. The van der Waals surface area contributed by atoms with Crippen LogP contribution in [0.3, 0.4) is 0 Å². The minimum Gasteiger partial charge on any atom is -0.366 e. The molecule has 0 spiro atoms. The Morgan fingerprint density at radius 3 is 2.65 bits per heavy atom. The summed E-state index contributed by atoms with van der Waals surface area (Å²) in [6, 6.07) is 14.8. The number of aliphatic imine (C=N–C) groups is 1. The second-order valence-corrected chi connectivity index (χ2v) is 5.10. The molecule has 100 valence electrons. The number of halogens is 1. The number of carbonyl (C=O) groups excluding carboxylic acids is 1. The SMILES string of the molecule is O=C1C[13c]2[13cH][13cH][13c](Cl)[13cH][13c]2C(c2ccccc2)=NC1O. The van der Waals surface area contributed by atoms with Gasteiger partial charge in [0.05, 0.1) is 5.71 Å². The maximum atomic E-state index is 11.8. The van der Waals surface area contributed by atoms with E-state index in [1.165, 1.54) is 0 Å². The number of hydrogen-bond donors (Lipinski definition) is 1. The van der Waals surface area contributed by atoms with Gasteiger partial charge in [0.25, 0.3) is 0 Å². The molecule has 0 saturated carbocycles. The van der Waals surface area contributed by atoms with Gasteiger partial charge in [-0.15, -0.1) is 0 Å². The summed E-state index contributed by atoms with van der Waals surface area (Å²) in [5.41, 5.74) is 3.08. The highest BCUT2D eigenvalue weighted by Crippen LogP contribution is 2.24. The van der Waals surface area contributed by atoms with E-state index in [-0.39, 0.29) is 12.2 Å². The van der Waals surface area contributed by atoms with Crippen LogP contribution in [0.15, 0.2) is 53.5 Å². The van der Waals surface area contributed by atoms with Crippen LogP contribution in [0.5, 0.6) is 0 Å². The van der Waals surface area contributed by atoms with Gasteiger partial charge in [-0.3, -0.25) is 4.79 Å². The van der Waals surface area contributed by atoms with Gasteiger partial charge in [-0.05, 0) is 17.7 Å². The number of rotatable bonds is 1. The van der Waals surface area contributed by atoms with E-state index in [4.69, 9.17) is 11.6 Å². The van der Waals surface area contributed by atoms with E-state index in [2.05, 4.69) is 4.99 Å². The summed E-state index contributed by atoms with van der Waals surface area (Å²) < 4.78 is 0. The van der Waals surface area contributed by atoms with E-state index in [0.29, 0.717) is 10.7 Å². The van der Waals surface area contributed by atoms with E-state index < -0.39 is 6.23 Å². The third-order valence-corrected chi connectivity index (χ3v) is 3.51. The number of benzene rings is 2. The fraction of sp³-hybridized carbons (Fsp3) is 0.125. The van der Waals surface area contributed by atoms with E-state index in [0.717, 1.165) is 16.7 Å². The molecule has 3 rings (SSSR count). The van der Waals surface area contributed by atoms with Gasteiger partial charge in [0.15, 0.2) is 5.78 Å². The van der Waals surface area contributed by atoms with Gasteiger partial charge >= 0.3 is 0 Å². The molecule has 1 N–H and O–H groups in total. The normalized spacial score (nSPS) is 18.2. The van der Waals surface area contributed by atoms with Gasteiger partial charge in [0, 0.05) is 22.6 Å². The van der Waals surface area contributed by atoms with Crippen LogP contribution < -0.4 is 0 Å². The van der Waals surface area contributed by atoms with Crippen LogP contribution in [-0.4, -0.2) is 22.8 Å². The highest BCUT2D eigenvalue weighted by Gasteiger charge is 2.24. The molecular formula is C16H12ClNO2. The average molecular weight is 292 g/mol. The molecule has 1 aliphatic rings. The van der Waals surface area contributed by atoms with Gasteiger partial charge in [-0.2, -0.15) is 0 Å². The van der Waals surface area contributed by atoms with Crippen LogP contribution in [0.4, 0.5) is 0 Å². The van der Waals surface area contributed by atoms with E-state index in [9.17, 15) is 9.90 Å². The molecule has 4 heteroatoms. The van der Waals surface area contributed by atoms with Gasteiger partial charge in [-0.1, -0.05) is 48.0 Å². The van der Waals surface area contributed by atoms with Crippen molar-refractivity contribution in [1.29, 1.82) is 0 Å². The van der Waals surface area contributed by atoms with Crippen LogP contribution >= 0.6 is 11.6 Å². The summed E-state index contributed by atoms with van der Waals surface area (Å²) in [6.07, 6.45) is -1.16. The van der Waals surface area contributed by atoms with E-state index >= 15 is 0 Å². The molecule has 0 amide bonds. The summed E-state index contributed by atoms with van der Waals surface area (Å²) in [5.74, 6) is -0.306. The van der Waals surface area contributed by atoms with Crippen molar-refractivity contribution >= 4 is 23.1 Å². The van der Waals surface area contributed by atoms with Crippen molar-refractivity contribution in [3.63, 3.8) is 0 Å². The van der Waals surface area contributed by atoms with Crippen LogP contribution in [0, 0.1) is 0 Å². The number of nitrogens with zero attached hydrogens (tertiary/aromatic N) is 1. The van der Waals surface area contributed by atoms with Gasteiger partial charge < -0.3 is 5.11 Å². The summed E-state index contributed by atoms with van der Waals surface area (Å²) >= 11 is 6.05. The average Bonchev–Trinajstić information content (AvgIpc) is 2.58. The number of ketones is 1. The van der Waals surface area contributed by atoms with Crippen molar-refractivity contribution in [2.45, 2.75) is 12.6 Å². The molecule has 3 nitrogen and oxygen atoms in total. The largest absolute Gasteiger partial charge is 0.366 e. The highest BCUT2D eigenvalue weighted by molar-refractivity contribution is 6.31. The van der Waals surface area contributed by atoms with Crippen LogP contribution in [0.25, 0.3) is 0 Å². The predicted molar refractivity (Wildman–Crippen MR) is 78.3 cm³/mol. The first-order valence-electron chi connectivity index (χ1n) is 6.28. The van der Waals surface area contributed by atoms with E-state index in [1.54, 1.807) is 12.1 Å². The summed E-state index contributed by atoms with van der Waals surface area (Å²) in [5, 5.41) is 10.4. The standard InChI is InChI=1S/C16H12ClNO2/c17-12-7-6-11-8-14(19)16(20)18-15(13(11)9-12)10-4-2-1-3-5-10/h1-7,9,16,20H,8H2/i6+1,7+1,9+1,11+1,12+1,13+1. The number of hydrogen-bond acceptors (Lipinski definition) is 3. The number of fused-ring (bicyclic) bond motifs is 1. The Balaban J connectivity index is 2.23. The smallest absolute Gasteiger partial charge is 0.205 e. The lowest BCUT2D eigenvalue weighted by Crippen LogP contribution is -2.19. The summed E-state index contributed by atoms with van der Waals surface area (Å²) in [4.78, 5) is 16.0. The van der Waals surface area contributed by atoms with E-state index in [1.807, 2.05) is 36.4 Å². The molecule has 0 aliphatic carbocycles. The van der Waals surface area contributed by atoms with Crippen LogP contribution in [0.1, 0.15) is 16.7 Å². The fourth-order valence-electron chi connectivity index (χ4n) is 2.29. The van der Waals surface area contributed by atoms with Crippen molar-refractivity contribution in [2.24, 2.45) is 4.99 Å². The quantitative estimate of drug-likeness (QED) is 0.878. The molecular weight excluding hydrogens is 280 g/mol. The maximum Gasteiger partial charge on any atom is 0.205 e. The molecule has 2 aromatic carbocycles. The Hall–Kier alpha value is -1.97. The van der Waals surface area contributed by atoms with Crippen LogP contribution in [0.2, 0.25) is 5.02 Å². The molecule has 1 heterocycles. The molecule has 0 radical (unpaired) electrons. The Labute approximate surface area is 121 Å². The number of aliphatic hydroxyl groups is 1. The molecule has 20 heavy (non-hydrogen) atoms. The molecule has 1 atom stereocenters. The van der Waals surface area contributed by atoms with Gasteiger partial charge in [0.2, 0.25) is 6.23 Å². The predicted octanol–water partition coefficient (Wildman–Crippen LogP) is 2.62. The number of carbonyl (C=O) groups is 1. The van der Waals surface area contributed by atoms with Crippen molar-refractivity contribution in [1.82, 2.24) is 0 Å². The van der Waals surface area contributed by atoms with Crippen molar-refractivity contribution < 1.29 is 9.90 Å². The molecule has 1 aliphatic heterocycles. The first kappa shape index (κ1) is 13.0. The highest BCUT2D eigenvalue weighted by atomic mass is 35.5. The number of aliphatic hydroxyl groups excluding tert-OH is 1. The molecule has 0 saturated heterocycles. The molecule has 0 bridgehead atoms. The molecule has 2 aromatic rings. The molecule has 1 unspecified atom stereocenters. The first-order valence-corrected chi connectivity index (χ1v) is 6.66. The minimum absolute atomic E-state index is 0.160.